The van der Waals surface area contributed by atoms with Crippen LogP contribution >= 0.6 is 0 Å². The topological polar surface area (TPSA) is 191 Å². The van der Waals surface area contributed by atoms with Crippen molar-refractivity contribution < 1.29 is 57.9 Å². The summed E-state index contributed by atoms with van der Waals surface area (Å²) in [6, 6.07) is 31.4. The molecule has 7 atom stereocenters. The van der Waals surface area contributed by atoms with Gasteiger partial charge in [0.05, 0.1) is 32.1 Å². The lowest BCUT2D eigenvalue weighted by Gasteiger charge is -2.48. The number of rotatable bonds is 17. The minimum Gasteiger partial charge on any atom is -0.499 e. The van der Waals surface area contributed by atoms with Gasteiger partial charge in [-0.2, -0.15) is 5.06 Å². The predicted molar refractivity (Wildman–Crippen MR) is 235 cm³/mol. The van der Waals surface area contributed by atoms with Crippen LogP contribution in [0, 0.1) is 5.41 Å². The number of carbonyl (C=O) groups excluding carboxylic acids is 4. The highest BCUT2D eigenvalue weighted by Crippen LogP contribution is 2.59. The van der Waals surface area contributed by atoms with Gasteiger partial charge in [0, 0.05) is 36.1 Å². The van der Waals surface area contributed by atoms with E-state index in [4.69, 9.17) is 33.6 Å². The Hall–Kier alpha value is -5.94. The second-order valence-electron chi connectivity index (χ2n) is 17.7. The quantitative estimate of drug-likeness (QED) is 0.0650. The second-order valence-corrected chi connectivity index (χ2v) is 17.7. The fourth-order valence-corrected chi connectivity index (χ4v) is 9.24. The van der Waals surface area contributed by atoms with Crippen LogP contribution in [-0.4, -0.2) is 101 Å². The lowest BCUT2D eigenvalue weighted by Crippen LogP contribution is -2.69. The SMILES string of the molecule is CC(C)(C)OC(=O)CC[C@@H](CO)NC(=O)c1cccc(CNC(=O)[C@@]23C[C@H]4OC(=O)[C@@H]2N(Cc2cccc(C=COCCO)c2)O[C@@H]3[C@H]2OC(c3ccccc3)(c3ccccc3)O[C@H]24)c1. The molecule has 15 heteroatoms. The van der Waals surface area contributed by atoms with Gasteiger partial charge in [0.2, 0.25) is 11.7 Å². The van der Waals surface area contributed by atoms with Crippen molar-refractivity contribution in [2.45, 2.75) is 101 Å². The van der Waals surface area contributed by atoms with E-state index in [1.54, 1.807) is 51.1 Å². The van der Waals surface area contributed by atoms with Gasteiger partial charge in [0.1, 0.15) is 42.0 Å². The van der Waals surface area contributed by atoms with Crippen LogP contribution in [0.3, 0.4) is 0 Å². The molecule has 4 aliphatic rings. The number of hydrogen-bond acceptors (Lipinski definition) is 13. The highest BCUT2D eigenvalue weighted by Gasteiger charge is 2.76. The molecule has 0 radical (unpaired) electrons. The molecule has 1 aliphatic carbocycles. The molecule has 0 aromatic heterocycles. The van der Waals surface area contributed by atoms with Gasteiger partial charge in [0.15, 0.2) is 6.04 Å². The maximum Gasteiger partial charge on any atom is 0.327 e. The van der Waals surface area contributed by atoms with Crippen molar-refractivity contribution in [3.05, 3.63) is 149 Å². The first kappa shape index (κ1) is 45.6. The minimum absolute atomic E-state index is 0.000910. The molecule has 2 amide bonds. The van der Waals surface area contributed by atoms with Gasteiger partial charge in [-0.25, -0.2) is 0 Å². The van der Waals surface area contributed by atoms with Gasteiger partial charge in [-0.1, -0.05) is 97.1 Å². The van der Waals surface area contributed by atoms with Crippen molar-refractivity contribution >= 4 is 29.8 Å². The Bertz CT molecular complexity index is 2330. The van der Waals surface area contributed by atoms with Crippen molar-refractivity contribution in [2.24, 2.45) is 5.41 Å². The van der Waals surface area contributed by atoms with Gasteiger partial charge in [-0.05, 0) is 62.1 Å². The number of amides is 2. The van der Waals surface area contributed by atoms with Gasteiger partial charge in [-0.15, -0.1) is 0 Å². The molecule has 8 rings (SSSR count). The Morgan fingerprint density at radius 1 is 0.892 bits per heavy atom. The number of carbonyl (C=O) groups is 4. The standard InChI is InChI=1S/C50H55N3O12/c1-48(2,3)62-40(56)21-20-38(31-55)52-45(57)35-15-11-13-33(27-35)29-51-47(59)49-28-39-41-42(64-50(63-41,36-16-6-4-7-17-36)37-18-8-5-9-19-37)44(49)65-53(43(49)46(58)61-39)30-34-14-10-12-32(26-34)22-24-60-25-23-54/h4-19,22,24,26-27,38-39,41-44,54-55H,20-21,23,25,28-31H2,1-3H3,(H,51,59)(H,52,57)/t38-,39+,41-,42-,43-,44+,49-/m0/s1. The van der Waals surface area contributed by atoms with Gasteiger partial charge in [-0.3, -0.25) is 24.0 Å². The Morgan fingerprint density at radius 2 is 1.58 bits per heavy atom. The number of esters is 2. The van der Waals surface area contributed by atoms with E-state index in [2.05, 4.69) is 10.6 Å². The molecule has 3 saturated heterocycles. The molecule has 15 nitrogen and oxygen atoms in total. The number of benzene rings is 4. The van der Waals surface area contributed by atoms with Crippen LogP contribution in [0.2, 0.25) is 0 Å². The maximum absolute atomic E-state index is 15.1. The van der Waals surface area contributed by atoms with E-state index in [0.717, 1.165) is 22.3 Å². The number of fused-ring (bicyclic) bond motifs is 4. The molecule has 4 fully saturated rings. The highest BCUT2D eigenvalue weighted by molar-refractivity contribution is 5.95. The first-order chi connectivity index (χ1) is 31.3. The second kappa shape index (κ2) is 19.3. The lowest BCUT2D eigenvalue weighted by atomic mass is 9.62. The van der Waals surface area contributed by atoms with E-state index in [0.29, 0.717) is 5.56 Å². The molecule has 3 aliphatic heterocycles. The smallest absolute Gasteiger partial charge is 0.327 e. The number of nitrogens with one attached hydrogen (secondary N) is 2. The summed E-state index contributed by atoms with van der Waals surface area (Å²) in [5, 5.41) is 26.5. The number of aliphatic hydroxyl groups is 2. The minimum atomic E-state index is -1.50. The van der Waals surface area contributed by atoms with Crippen LogP contribution in [0.1, 0.15) is 78.2 Å². The molecule has 0 spiro atoms. The van der Waals surface area contributed by atoms with Crippen molar-refractivity contribution in [3.63, 3.8) is 0 Å². The number of hydroxylamine groups is 2. The van der Waals surface area contributed by atoms with Crippen LogP contribution < -0.4 is 10.6 Å². The van der Waals surface area contributed by atoms with Crippen LogP contribution in [0.4, 0.5) is 0 Å². The summed E-state index contributed by atoms with van der Waals surface area (Å²) in [6.07, 6.45) is -0.0112. The van der Waals surface area contributed by atoms with E-state index in [-0.39, 0.29) is 57.7 Å². The summed E-state index contributed by atoms with van der Waals surface area (Å²) < 4.78 is 31.0. The van der Waals surface area contributed by atoms with Gasteiger partial charge in [0.25, 0.3) is 5.91 Å². The molecule has 0 unspecified atom stereocenters. The largest absolute Gasteiger partial charge is 0.499 e. The van der Waals surface area contributed by atoms with E-state index in [9.17, 15) is 19.5 Å². The van der Waals surface area contributed by atoms with Crippen LogP contribution in [0.25, 0.3) is 6.08 Å². The molecule has 4 aromatic rings. The number of aliphatic hydroxyl groups excluding tert-OH is 2. The summed E-state index contributed by atoms with van der Waals surface area (Å²) in [5.41, 5.74) is 1.76. The summed E-state index contributed by atoms with van der Waals surface area (Å²) in [5.74, 6) is -3.40. The number of nitrogens with zero attached hydrogens (tertiary/aromatic N) is 1. The molecule has 2 bridgehead atoms. The number of ether oxygens (including phenoxy) is 5. The van der Waals surface area contributed by atoms with Crippen molar-refractivity contribution in [1.29, 1.82) is 0 Å². The maximum atomic E-state index is 15.1. The molecular formula is C50H55N3O12. The van der Waals surface area contributed by atoms with Gasteiger partial charge >= 0.3 is 11.9 Å². The molecule has 342 valence electrons. The van der Waals surface area contributed by atoms with E-state index in [1.807, 2.05) is 84.9 Å². The third kappa shape index (κ3) is 9.57. The van der Waals surface area contributed by atoms with Crippen LogP contribution in [0.5, 0.6) is 0 Å². The zero-order valence-electron chi connectivity index (χ0n) is 36.6. The third-order valence-corrected chi connectivity index (χ3v) is 12.1. The monoisotopic (exact) mass is 889 g/mol. The molecule has 1 saturated carbocycles. The Morgan fingerprint density at radius 3 is 2.28 bits per heavy atom. The lowest BCUT2D eigenvalue weighted by molar-refractivity contribution is -0.213. The van der Waals surface area contributed by atoms with E-state index in [1.165, 1.54) is 11.3 Å². The molecule has 4 aromatic carbocycles. The summed E-state index contributed by atoms with van der Waals surface area (Å²) in [4.78, 5) is 62.1. The fraction of sp³-hybridized carbons (Fsp3) is 0.400. The average molecular weight is 890 g/mol. The normalized spacial score (nSPS) is 24.8. The Kier molecular flexibility index (Phi) is 13.5. The van der Waals surface area contributed by atoms with Crippen LogP contribution in [0.15, 0.2) is 115 Å². The zero-order valence-corrected chi connectivity index (χ0v) is 36.6. The zero-order chi connectivity index (χ0) is 45.8. The van der Waals surface area contributed by atoms with Crippen molar-refractivity contribution in [1.82, 2.24) is 15.7 Å². The first-order valence-electron chi connectivity index (χ1n) is 21.9. The first-order valence-corrected chi connectivity index (χ1v) is 21.9. The fourth-order valence-electron chi connectivity index (χ4n) is 9.24. The van der Waals surface area contributed by atoms with Crippen molar-refractivity contribution in [2.75, 3.05) is 19.8 Å². The third-order valence-electron chi connectivity index (χ3n) is 12.1. The predicted octanol–water partition coefficient (Wildman–Crippen LogP) is 4.68. The molecule has 4 N–H and O–H groups in total. The number of hydrogen-bond donors (Lipinski definition) is 4. The highest BCUT2D eigenvalue weighted by atomic mass is 16.8. The molecule has 3 heterocycles. The van der Waals surface area contributed by atoms with Crippen molar-refractivity contribution in [3.8, 4) is 0 Å². The molecular weight excluding hydrogens is 835 g/mol. The summed E-state index contributed by atoms with van der Waals surface area (Å²) >= 11 is 0. The Labute approximate surface area is 377 Å². The summed E-state index contributed by atoms with van der Waals surface area (Å²) in [7, 11) is 0. The molecule has 65 heavy (non-hydrogen) atoms. The van der Waals surface area contributed by atoms with Gasteiger partial charge < -0.3 is 44.5 Å². The summed E-state index contributed by atoms with van der Waals surface area (Å²) in [6.45, 7) is 5.07. The van der Waals surface area contributed by atoms with E-state index < -0.39 is 77.1 Å². The Balaban J connectivity index is 1.07. The average Bonchev–Trinajstić information content (AvgIpc) is 3.88. The van der Waals surface area contributed by atoms with E-state index >= 15 is 4.79 Å². The van der Waals surface area contributed by atoms with Crippen LogP contribution in [-0.2, 0) is 61.8 Å².